The van der Waals surface area contributed by atoms with Crippen LogP contribution in [0.2, 0.25) is 0 Å². The lowest BCUT2D eigenvalue weighted by atomic mass is 10.1. The Morgan fingerprint density at radius 2 is 2.06 bits per heavy atom. The quantitative estimate of drug-likeness (QED) is 0.889. The zero-order valence-electron chi connectivity index (χ0n) is 11.8. The van der Waals surface area contributed by atoms with Crippen molar-refractivity contribution in [1.29, 1.82) is 0 Å². The van der Waals surface area contributed by atoms with E-state index >= 15 is 0 Å². The Hall–Kier alpha value is -1.06. The van der Waals surface area contributed by atoms with Gasteiger partial charge in [0.2, 0.25) is 0 Å². The maximum absolute atomic E-state index is 9.57. The van der Waals surface area contributed by atoms with E-state index in [1.807, 2.05) is 12.1 Å². The molecule has 1 fully saturated rings. The first-order valence-electron chi connectivity index (χ1n) is 6.68. The SMILES string of the molecule is CC1CN(C(C)c2cccc(O)c2)CC1N(C)C. The molecule has 100 valence electrons. The van der Waals surface area contributed by atoms with Crippen molar-refractivity contribution in [3.8, 4) is 5.75 Å². The van der Waals surface area contributed by atoms with Crippen LogP contribution in [0, 0.1) is 5.92 Å². The Bertz CT molecular complexity index is 405. The van der Waals surface area contributed by atoms with E-state index in [-0.39, 0.29) is 0 Å². The Balaban J connectivity index is 2.09. The summed E-state index contributed by atoms with van der Waals surface area (Å²) in [4.78, 5) is 4.82. The summed E-state index contributed by atoms with van der Waals surface area (Å²) < 4.78 is 0. The van der Waals surface area contributed by atoms with Gasteiger partial charge in [-0.15, -0.1) is 0 Å². The molecule has 18 heavy (non-hydrogen) atoms. The normalized spacial score (nSPS) is 26.7. The van der Waals surface area contributed by atoms with Crippen molar-refractivity contribution in [2.45, 2.75) is 25.9 Å². The van der Waals surface area contributed by atoms with E-state index in [0.29, 0.717) is 23.8 Å². The zero-order valence-corrected chi connectivity index (χ0v) is 11.8. The van der Waals surface area contributed by atoms with E-state index < -0.39 is 0 Å². The van der Waals surface area contributed by atoms with E-state index in [1.54, 1.807) is 6.07 Å². The summed E-state index contributed by atoms with van der Waals surface area (Å²) in [5, 5.41) is 9.57. The van der Waals surface area contributed by atoms with Crippen molar-refractivity contribution in [3.63, 3.8) is 0 Å². The number of hydrogen-bond donors (Lipinski definition) is 1. The Kier molecular flexibility index (Phi) is 3.93. The van der Waals surface area contributed by atoms with Gasteiger partial charge in [0.15, 0.2) is 0 Å². The van der Waals surface area contributed by atoms with Gasteiger partial charge in [0.1, 0.15) is 5.75 Å². The molecule has 0 bridgehead atoms. The van der Waals surface area contributed by atoms with E-state index in [1.165, 1.54) is 5.56 Å². The first kappa shape index (κ1) is 13.4. The van der Waals surface area contributed by atoms with E-state index in [9.17, 15) is 5.11 Å². The third-order valence-corrected chi connectivity index (χ3v) is 4.16. The maximum Gasteiger partial charge on any atom is 0.115 e. The molecule has 0 saturated carbocycles. The Morgan fingerprint density at radius 3 is 2.61 bits per heavy atom. The standard InChI is InChI=1S/C15H24N2O/c1-11-9-17(10-15(11)16(3)4)12(2)13-6-5-7-14(18)8-13/h5-8,11-12,15,18H,9-10H2,1-4H3. The highest BCUT2D eigenvalue weighted by molar-refractivity contribution is 5.29. The Morgan fingerprint density at radius 1 is 1.33 bits per heavy atom. The minimum absolute atomic E-state index is 0.357. The summed E-state index contributed by atoms with van der Waals surface area (Å²) in [7, 11) is 4.31. The van der Waals surface area contributed by atoms with E-state index in [4.69, 9.17) is 0 Å². The molecule has 2 rings (SSSR count). The minimum atomic E-state index is 0.357. The molecule has 3 unspecified atom stereocenters. The van der Waals surface area contributed by atoms with E-state index in [0.717, 1.165) is 13.1 Å². The fourth-order valence-electron chi connectivity index (χ4n) is 2.97. The van der Waals surface area contributed by atoms with Crippen LogP contribution in [0.5, 0.6) is 5.75 Å². The Labute approximate surface area is 110 Å². The lowest BCUT2D eigenvalue weighted by Gasteiger charge is -2.26. The summed E-state index contributed by atoms with van der Waals surface area (Å²) in [6.45, 7) is 6.77. The van der Waals surface area contributed by atoms with Crippen LogP contribution in [-0.2, 0) is 0 Å². The number of likely N-dealkylation sites (tertiary alicyclic amines) is 1. The first-order chi connectivity index (χ1) is 8.49. The average Bonchev–Trinajstić information content (AvgIpc) is 2.70. The lowest BCUT2D eigenvalue weighted by molar-refractivity contribution is 0.226. The van der Waals surface area contributed by atoms with Gasteiger partial charge in [-0.25, -0.2) is 0 Å². The molecule has 3 atom stereocenters. The number of aromatic hydroxyl groups is 1. The molecule has 0 radical (unpaired) electrons. The van der Waals surface area contributed by atoms with Gasteiger partial charge >= 0.3 is 0 Å². The molecule has 1 aromatic rings. The number of nitrogens with zero attached hydrogens (tertiary/aromatic N) is 2. The van der Waals surface area contributed by atoms with Crippen LogP contribution in [-0.4, -0.2) is 48.1 Å². The number of phenolic OH excluding ortho intramolecular Hbond substituents is 1. The monoisotopic (exact) mass is 248 g/mol. The molecule has 1 N–H and O–H groups in total. The van der Waals surface area contributed by atoms with Gasteiger partial charge in [0.25, 0.3) is 0 Å². The summed E-state index contributed by atoms with van der Waals surface area (Å²) >= 11 is 0. The second-order valence-corrected chi connectivity index (χ2v) is 5.73. The van der Waals surface area contributed by atoms with Gasteiger partial charge in [-0.3, -0.25) is 4.90 Å². The van der Waals surface area contributed by atoms with Crippen molar-refractivity contribution < 1.29 is 5.11 Å². The minimum Gasteiger partial charge on any atom is -0.508 e. The van der Waals surface area contributed by atoms with Crippen LogP contribution in [0.4, 0.5) is 0 Å². The summed E-state index contributed by atoms with van der Waals surface area (Å²) in [6.07, 6.45) is 0. The molecular weight excluding hydrogens is 224 g/mol. The number of rotatable bonds is 3. The topological polar surface area (TPSA) is 26.7 Å². The van der Waals surface area contributed by atoms with Crippen molar-refractivity contribution in [2.24, 2.45) is 5.92 Å². The van der Waals surface area contributed by atoms with Crippen LogP contribution in [0.1, 0.15) is 25.5 Å². The molecule has 0 aromatic heterocycles. The third-order valence-electron chi connectivity index (χ3n) is 4.16. The number of phenols is 1. The molecular formula is C15H24N2O. The number of hydrogen-bond acceptors (Lipinski definition) is 3. The number of likely N-dealkylation sites (N-methyl/N-ethyl adjacent to an activating group) is 1. The predicted octanol–water partition coefficient (Wildman–Crippen LogP) is 2.34. The maximum atomic E-state index is 9.57. The van der Waals surface area contributed by atoms with Gasteiger partial charge in [0.05, 0.1) is 0 Å². The lowest BCUT2D eigenvalue weighted by Crippen LogP contribution is -2.34. The van der Waals surface area contributed by atoms with Crippen molar-refractivity contribution in [3.05, 3.63) is 29.8 Å². The summed E-state index contributed by atoms with van der Waals surface area (Å²) in [5.41, 5.74) is 1.20. The molecule has 1 aliphatic heterocycles. The first-order valence-corrected chi connectivity index (χ1v) is 6.68. The van der Waals surface area contributed by atoms with Gasteiger partial charge in [0, 0.05) is 25.2 Å². The largest absolute Gasteiger partial charge is 0.508 e. The van der Waals surface area contributed by atoms with E-state index in [2.05, 4.69) is 43.8 Å². The molecule has 1 aromatic carbocycles. The highest BCUT2D eigenvalue weighted by Gasteiger charge is 2.33. The van der Waals surface area contributed by atoms with Crippen LogP contribution in [0.15, 0.2) is 24.3 Å². The fraction of sp³-hybridized carbons (Fsp3) is 0.600. The highest BCUT2D eigenvalue weighted by Crippen LogP contribution is 2.30. The van der Waals surface area contributed by atoms with Crippen molar-refractivity contribution in [1.82, 2.24) is 9.80 Å². The van der Waals surface area contributed by atoms with Crippen LogP contribution >= 0.6 is 0 Å². The zero-order chi connectivity index (χ0) is 13.3. The third kappa shape index (κ3) is 2.68. The van der Waals surface area contributed by atoms with Crippen LogP contribution in [0.25, 0.3) is 0 Å². The fourth-order valence-corrected chi connectivity index (χ4v) is 2.97. The second-order valence-electron chi connectivity index (χ2n) is 5.73. The molecule has 0 amide bonds. The van der Waals surface area contributed by atoms with Crippen LogP contribution < -0.4 is 0 Å². The highest BCUT2D eigenvalue weighted by atomic mass is 16.3. The van der Waals surface area contributed by atoms with Gasteiger partial charge in [-0.05, 0) is 44.6 Å². The summed E-state index contributed by atoms with van der Waals surface area (Å²) in [5.74, 6) is 1.05. The van der Waals surface area contributed by atoms with Gasteiger partial charge in [-0.2, -0.15) is 0 Å². The van der Waals surface area contributed by atoms with Gasteiger partial charge in [-0.1, -0.05) is 19.1 Å². The van der Waals surface area contributed by atoms with Crippen molar-refractivity contribution in [2.75, 3.05) is 27.2 Å². The second kappa shape index (κ2) is 5.29. The molecule has 1 heterocycles. The molecule has 0 spiro atoms. The molecule has 3 nitrogen and oxygen atoms in total. The number of benzene rings is 1. The molecule has 1 saturated heterocycles. The molecule has 3 heteroatoms. The van der Waals surface area contributed by atoms with Gasteiger partial charge < -0.3 is 10.0 Å². The molecule has 0 aliphatic carbocycles. The average molecular weight is 248 g/mol. The smallest absolute Gasteiger partial charge is 0.115 e. The molecule has 1 aliphatic rings. The van der Waals surface area contributed by atoms with Crippen LogP contribution in [0.3, 0.4) is 0 Å². The summed E-state index contributed by atoms with van der Waals surface area (Å²) in [6, 6.07) is 8.61. The van der Waals surface area contributed by atoms with Crippen molar-refractivity contribution >= 4 is 0 Å². The predicted molar refractivity (Wildman–Crippen MR) is 74.7 cm³/mol.